The molecule has 2 unspecified atom stereocenters. The molecule has 0 saturated heterocycles. The second kappa shape index (κ2) is 6.48. The summed E-state index contributed by atoms with van der Waals surface area (Å²) in [5.74, 6) is 2.20. The minimum Gasteiger partial charge on any atom is -0.378 e. The molecule has 1 fully saturated rings. The lowest BCUT2D eigenvalue weighted by atomic mass is 10.0. The lowest BCUT2D eigenvalue weighted by Gasteiger charge is -2.12. The molecule has 0 radical (unpaired) electrons. The van der Waals surface area contributed by atoms with E-state index in [4.69, 9.17) is 16.3 Å². The van der Waals surface area contributed by atoms with Gasteiger partial charge in [-0.1, -0.05) is 24.9 Å². The maximum atomic E-state index is 6.19. The van der Waals surface area contributed by atoms with Gasteiger partial charge in [-0.05, 0) is 47.8 Å². The number of rotatable bonds is 4. The number of aromatic nitrogens is 2. The van der Waals surface area contributed by atoms with Gasteiger partial charge in [0.15, 0.2) is 0 Å². The molecule has 1 saturated carbocycles. The van der Waals surface area contributed by atoms with E-state index in [0.29, 0.717) is 17.7 Å². The molecule has 1 aliphatic carbocycles. The van der Waals surface area contributed by atoms with E-state index in [2.05, 4.69) is 39.5 Å². The molecular formula is C13H18ClIN2O. The second-order valence-electron chi connectivity index (χ2n) is 4.85. The van der Waals surface area contributed by atoms with Crippen molar-refractivity contribution >= 4 is 34.2 Å². The zero-order chi connectivity index (χ0) is 13.1. The Balaban J connectivity index is 2.23. The zero-order valence-electron chi connectivity index (χ0n) is 10.7. The summed E-state index contributed by atoms with van der Waals surface area (Å²) in [4.78, 5) is 9.10. The number of methoxy groups -OCH3 is 1. The molecule has 2 rings (SSSR count). The molecule has 0 amide bonds. The average Bonchev–Trinajstić information content (AvgIpc) is 2.83. The molecule has 18 heavy (non-hydrogen) atoms. The van der Waals surface area contributed by atoms with Crippen LogP contribution in [0.15, 0.2) is 0 Å². The highest BCUT2D eigenvalue weighted by atomic mass is 127. The average molecular weight is 381 g/mol. The van der Waals surface area contributed by atoms with Crippen molar-refractivity contribution < 1.29 is 4.74 Å². The predicted octanol–water partition coefficient (Wildman–Crippen LogP) is 4.17. The summed E-state index contributed by atoms with van der Waals surface area (Å²) in [6.07, 6.45) is 4.91. The molecule has 1 heterocycles. The molecular weight excluding hydrogens is 363 g/mol. The van der Waals surface area contributed by atoms with Gasteiger partial charge in [0.2, 0.25) is 0 Å². The van der Waals surface area contributed by atoms with Crippen LogP contribution < -0.4 is 0 Å². The Bertz CT molecular complexity index is 428. The summed E-state index contributed by atoms with van der Waals surface area (Å²) < 4.78 is 6.08. The van der Waals surface area contributed by atoms with Crippen molar-refractivity contribution in [3.63, 3.8) is 0 Å². The summed E-state index contributed by atoms with van der Waals surface area (Å²) in [5, 5.41) is 0.563. The molecule has 1 aromatic rings. The van der Waals surface area contributed by atoms with Gasteiger partial charge in [-0.25, -0.2) is 9.97 Å². The Labute approximate surface area is 127 Å². The number of nitrogens with zero attached hydrogens (tertiary/aromatic N) is 2. The van der Waals surface area contributed by atoms with Crippen LogP contribution in [0.3, 0.4) is 0 Å². The van der Waals surface area contributed by atoms with Crippen LogP contribution in [0.5, 0.6) is 0 Å². The molecule has 100 valence electrons. The number of hydrogen-bond donors (Lipinski definition) is 0. The van der Waals surface area contributed by atoms with Crippen LogP contribution in [0.1, 0.15) is 50.0 Å². The maximum absolute atomic E-state index is 6.19. The van der Waals surface area contributed by atoms with Crippen molar-refractivity contribution in [3.8, 4) is 0 Å². The topological polar surface area (TPSA) is 35.0 Å². The van der Waals surface area contributed by atoms with E-state index in [-0.39, 0.29) is 0 Å². The van der Waals surface area contributed by atoms with Crippen LogP contribution in [0, 0.1) is 9.49 Å². The molecule has 5 heteroatoms. The van der Waals surface area contributed by atoms with E-state index >= 15 is 0 Å². The first-order chi connectivity index (χ1) is 8.65. The number of halogens is 2. The van der Waals surface area contributed by atoms with E-state index in [1.807, 2.05) is 0 Å². The first-order valence-corrected chi connectivity index (χ1v) is 7.82. The van der Waals surface area contributed by atoms with Crippen LogP contribution in [-0.2, 0) is 11.3 Å². The van der Waals surface area contributed by atoms with Crippen LogP contribution in [0.4, 0.5) is 0 Å². The molecule has 0 aliphatic heterocycles. The minimum atomic E-state index is 0.472. The Morgan fingerprint density at radius 3 is 2.78 bits per heavy atom. The van der Waals surface area contributed by atoms with Crippen molar-refractivity contribution in [3.05, 3.63) is 20.2 Å². The van der Waals surface area contributed by atoms with Gasteiger partial charge in [-0.2, -0.15) is 0 Å². The molecule has 0 spiro atoms. The van der Waals surface area contributed by atoms with Gasteiger partial charge in [0, 0.05) is 13.0 Å². The highest BCUT2D eigenvalue weighted by Gasteiger charge is 2.27. The van der Waals surface area contributed by atoms with Crippen molar-refractivity contribution in [1.82, 2.24) is 9.97 Å². The quantitative estimate of drug-likeness (QED) is 0.581. The van der Waals surface area contributed by atoms with Crippen molar-refractivity contribution in [1.29, 1.82) is 0 Å². The van der Waals surface area contributed by atoms with E-state index < -0.39 is 0 Å². The Morgan fingerprint density at radius 1 is 1.39 bits per heavy atom. The van der Waals surface area contributed by atoms with Crippen molar-refractivity contribution in [2.45, 2.75) is 45.1 Å². The maximum Gasteiger partial charge on any atom is 0.146 e. The van der Waals surface area contributed by atoms with Crippen LogP contribution >= 0.6 is 34.2 Å². The monoisotopic (exact) mass is 380 g/mol. The normalized spacial score (nSPS) is 23.6. The predicted molar refractivity (Wildman–Crippen MR) is 80.8 cm³/mol. The molecule has 1 aromatic heterocycles. The van der Waals surface area contributed by atoms with Crippen LogP contribution in [0.25, 0.3) is 0 Å². The fourth-order valence-corrected chi connectivity index (χ4v) is 3.17. The third kappa shape index (κ3) is 3.14. The Hall–Kier alpha value is 0.0600. The summed E-state index contributed by atoms with van der Waals surface area (Å²) in [5.41, 5.74) is 0.910. The van der Waals surface area contributed by atoms with Crippen LogP contribution in [0.2, 0.25) is 5.15 Å². The standard InChI is InChI=1S/C13H18ClIN2O/c1-3-8-4-5-9(6-8)13-16-10(7-18-2)11(15)12(14)17-13/h8-9H,3-7H2,1-2H3. The second-order valence-corrected chi connectivity index (χ2v) is 6.29. The Kier molecular flexibility index (Phi) is 5.21. The highest BCUT2D eigenvalue weighted by Crippen LogP contribution is 2.39. The van der Waals surface area contributed by atoms with Gasteiger partial charge >= 0.3 is 0 Å². The molecule has 0 aromatic carbocycles. The van der Waals surface area contributed by atoms with Gasteiger partial charge < -0.3 is 4.74 Å². The molecule has 3 nitrogen and oxygen atoms in total. The largest absolute Gasteiger partial charge is 0.378 e. The molecule has 1 aliphatic rings. The van der Waals surface area contributed by atoms with E-state index in [1.165, 1.54) is 25.7 Å². The highest BCUT2D eigenvalue weighted by molar-refractivity contribution is 14.1. The third-order valence-electron chi connectivity index (χ3n) is 3.66. The SMILES string of the molecule is CCC1CCC(c2nc(Cl)c(I)c(COC)n2)C1. The number of ether oxygens (including phenoxy) is 1. The number of hydrogen-bond acceptors (Lipinski definition) is 3. The molecule has 0 N–H and O–H groups in total. The smallest absolute Gasteiger partial charge is 0.146 e. The Morgan fingerprint density at radius 2 is 2.17 bits per heavy atom. The van der Waals surface area contributed by atoms with E-state index in [0.717, 1.165) is 21.0 Å². The minimum absolute atomic E-state index is 0.472. The molecule has 0 bridgehead atoms. The summed E-state index contributed by atoms with van der Waals surface area (Å²) in [6, 6.07) is 0. The van der Waals surface area contributed by atoms with Gasteiger partial charge in [-0.3, -0.25) is 0 Å². The zero-order valence-corrected chi connectivity index (χ0v) is 13.7. The fraction of sp³-hybridized carbons (Fsp3) is 0.692. The summed E-state index contributed by atoms with van der Waals surface area (Å²) >= 11 is 8.37. The van der Waals surface area contributed by atoms with Crippen molar-refractivity contribution in [2.24, 2.45) is 5.92 Å². The van der Waals surface area contributed by atoms with Gasteiger partial charge in [0.1, 0.15) is 11.0 Å². The van der Waals surface area contributed by atoms with Crippen LogP contribution in [-0.4, -0.2) is 17.1 Å². The lowest BCUT2D eigenvalue weighted by Crippen LogP contribution is -2.08. The van der Waals surface area contributed by atoms with Gasteiger partial charge in [0.25, 0.3) is 0 Å². The van der Waals surface area contributed by atoms with Crippen molar-refractivity contribution in [2.75, 3.05) is 7.11 Å². The first kappa shape index (κ1) is 14.5. The fourth-order valence-electron chi connectivity index (χ4n) is 2.58. The molecule has 2 atom stereocenters. The summed E-state index contributed by atoms with van der Waals surface area (Å²) in [6.45, 7) is 2.75. The van der Waals surface area contributed by atoms with E-state index in [9.17, 15) is 0 Å². The third-order valence-corrected chi connectivity index (χ3v) is 5.39. The van der Waals surface area contributed by atoms with Gasteiger partial charge in [0.05, 0.1) is 15.9 Å². The first-order valence-electron chi connectivity index (χ1n) is 6.36. The van der Waals surface area contributed by atoms with E-state index in [1.54, 1.807) is 7.11 Å². The lowest BCUT2D eigenvalue weighted by molar-refractivity contribution is 0.180. The van der Waals surface area contributed by atoms with Gasteiger partial charge in [-0.15, -0.1) is 0 Å². The summed E-state index contributed by atoms with van der Waals surface area (Å²) in [7, 11) is 1.68.